The predicted octanol–water partition coefficient (Wildman–Crippen LogP) is 3.04. The van der Waals surface area contributed by atoms with E-state index < -0.39 is 38.8 Å². The molecule has 2 rings (SSSR count). The van der Waals surface area contributed by atoms with Gasteiger partial charge in [0.05, 0.1) is 15.7 Å². The average Bonchev–Trinajstić information content (AvgIpc) is 2.54. The van der Waals surface area contributed by atoms with Crippen molar-refractivity contribution in [3.8, 4) is 0 Å². The van der Waals surface area contributed by atoms with Crippen molar-refractivity contribution in [2.45, 2.75) is 42.8 Å². The molecule has 1 saturated carbocycles. The van der Waals surface area contributed by atoms with E-state index in [1.807, 2.05) is 0 Å². The van der Waals surface area contributed by atoms with Crippen LogP contribution >= 0.6 is 0 Å². The lowest BCUT2D eigenvalue weighted by molar-refractivity contribution is -0.384. The van der Waals surface area contributed by atoms with Gasteiger partial charge in [0.2, 0.25) is 10.0 Å². The maximum absolute atomic E-state index is 12.9. The van der Waals surface area contributed by atoms with E-state index >= 15 is 0 Å². The number of alkyl halides is 3. The van der Waals surface area contributed by atoms with Crippen LogP contribution in [0.4, 0.5) is 24.5 Å². The second-order valence-electron chi connectivity index (χ2n) is 5.89. The van der Waals surface area contributed by atoms with Crippen LogP contribution in [0, 0.1) is 16.0 Å². The first-order valence-corrected chi connectivity index (χ1v) is 9.08. The Balaban J connectivity index is 2.26. The highest BCUT2D eigenvalue weighted by molar-refractivity contribution is 7.89. The Morgan fingerprint density at radius 2 is 1.96 bits per heavy atom. The Morgan fingerprint density at radius 3 is 2.52 bits per heavy atom. The lowest BCUT2D eigenvalue weighted by atomic mass is 9.85. The average molecular weight is 381 g/mol. The summed E-state index contributed by atoms with van der Waals surface area (Å²) in [6, 6.07) is 2.70. The van der Waals surface area contributed by atoms with Crippen molar-refractivity contribution in [3.05, 3.63) is 28.3 Å². The monoisotopic (exact) mass is 381 g/mol. The molecular formula is C14H18F3N3O4S. The van der Waals surface area contributed by atoms with E-state index in [0.717, 1.165) is 6.07 Å². The molecule has 25 heavy (non-hydrogen) atoms. The topological polar surface area (TPSA) is 101 Å². The van der Waals surface area contributed by atoms with Gasteiger partial charge in [-0.3, -0.25) is 10.1 Å². The molecule has 1 aliphatic carbocycles. The van der Waals surface area contributed by atoms with Gasteiger partial charge in [-0.15, -0.1) is 0 Å². The lowest BCUT2D eigenvalue weighted by Crippen LogP contribution is -2.34. The molecule has 0 saturated heterocycles. The normalized spacial score (nSPS) is 21.8. The molecule has 2 unspecified atom stereocenters. The Labute approximate surface area is 142 Å². The fourth-order valence-corrected chi connectivity index (χ4v) is 3.66. The second kappa shape index (κ2) is 7.16. The predicted molar refractivity (Wildman–Crippen MR) is 84.8 cm³/mol. The number of rotatable bonds is 5. The summed E-state index contributed by atoms with van der Waals surface area (Å²) < 4.78 is 64.2. The van der Waals surface area contributed by atoms with E-state index in [0.29, 0.717) is 12.8 Å². The molecule has 1 aromatic carbocycles. The molecule has 140 valence electrons. The van der Waals surface area contributed by atoms with Crippen molar-refractivity contribution in [2.24, 2.45) is 5.92 Å². The van der Waals surface area contributed by atoms with E-state index in [-0.39, 0.29) is 23.4 Å². The number of nitrogens with zero attached hydrogens (tertiary/aromatic N) is 1. The minimum Gasteiger partial charge on any atom is -0.377 e. The summed E-state index contributed by atoms with van der Waals surface area (Å²) in [5.74, 6) is -1.44. The number of halogens is 3. The van der Waals surface area contributed by atoms with E-state index in [1.54, 1.807) is 0 Å². The number of hydrogen-bond acceptors (Lipinski definition) is 5. The highest BCUT2D eigenvalue weighted by atomic mass is 32.2. The van der Waals surface area contributed by atoms with Crippen LogP contribution in [-0.4, -0.2) is 32.6 Å². The number of nitro groups is 1. The Hall–Kier alpha value is -1.88. The molecule has 0 spiro atoms. The second-order valence-corrected chi connectivity index (χ2v) is 7.78. The fourth-order valence-electron chi connectivity index (χ4n) is 2.91. The summed E-state index contributed by atoms with van der Waals surface area (Å²) in [5.41, 5.74) is -0.488. The Morgan fingerprint density at radius 1 is 1.28 bits per heavy atom. The van der Waals surface area contributed by atoms with Crippen molar-refractivity contribution in [1.82, 2.24) is 4.72 Å². The molecule has 0 heterocycles. The Bertz CT molecular complexity index is 752. The van der Waals surface area contributed by atoms with Gasteiger partial charge in [-0.25, -0.2) is 13.1 Å². The Kier molecular flexibility index (Phi) is 5.57. The fraction of sp³-hybridized carbons (Fsp3) is 0.571. The molecule has 7 nitrogen and oxygen atoms in total. The summed E-state index contributed by atoms with van der Waals surface area (Å²) >= 11 is 0. The molecule has 1 fully saturated rings. The first-order valence-electron chi connectivity index (χ1n) is 7.60. The van der Waals surface area contributed by atoms with Gasteiger partial charge in [-0.2, -0.15) is 13.2 Å². The van der Waals surface area contributed by atoms with E-state index in [1.165, 1.54) is 19.2 Å². The van der Waals surface area contributed by atoms with E-state index in [9.17, 15) is 31.7 Å². The first-order chi connectivity index (χ1) is 11.5. The minimum absolute atomic E-state index is 0.00729. The molecular weight excluding hydrogens is 363 g/mol. The highest BCUT2D eigenvalue weighted by Gasteiger charge is 2.42. The van der Waals surface area contributed by atoms with Crippen molar-refractivity contribution in [1.29, 1.82) is 0 Å². The van der Waals surface area contributed by atoms with Crippen LogP contribution < -0.4 is 10.0 Å². The molecule has 2 N–H and O–H groups in total. The highest BCUT2D eigenvalue weighted by Crippen LogP contribution is 2.39. The standard InChI is InChI=1S/C14H18F3N3O4S/c1-18-25(23,24)11-5-6-12(13(8-11)20(21)22)19-10-4-2-3-9(7-10)14(15,16)17/h5-6,8-10,18-19H,2-4,7H2,1H3. The molecule has 0 aromatic heterocycles. The maximum atomic E-state index is 12.9. The molecule has 0 radical (unpaired) electrons. The van der Waals surface area contributed by atoms with Crippen LogP contribution in [0.15, 0.2) is 23.1 Å². The molecule has 1 aliphatic rings. The van der Waals surface area contributed by atoms with Crippen LogP contribution in [0.25, 0.3) is 0 Å². The van der Waals surface area contributed by atoms with Crippen LogP contribution in [0.3, 0.4) is 0 Å². The van der Waals surface area contributed by atoms with E-state index in [4.69, 9.17) is 0 Å². The summed E-state index contributed by atoms with van der Waals surface area (Å²) in [5, 5.41) is 14.0. The van der Waals surface area contributed by atoms with Gasteiger partial charge in [0, 0.05) is 12.1 Å². The zero-order valence-corrected chi connectivity index (χ0v) is 14.2. The number of anilines is 1. The molecule has 11 heteroatoms. The number of nitrogens with one attached hydrogen (secondary N) is 2. The summed E-state index contributed by atoms with van der Waals surface area (Å²) in [7, 11) is -2.69. The van der Waals surface area contributed by atoms with Gasteiger partial charge >= 0.3 is 6.18 Å². The molecule has 2 atom stereocenters. The summed E-state index contributed by atoms with van der Waals surface area (Å²) in [6.45, 7) is 0. The largest absolute Gasteiger partial charge is 0.391 e. The van der Waals surface area contributed by atoms with Gasteiger partial charge in [0.25, 0.3) is 5.69 Å². The number of nitro benzene ring substituents is 1. The van der Waals surface area contributed by atoms with Crippen molar-refractivity contribution in [2.75, 3.05) is 12.4 Å². The quantitative estimate of drug-likeness (QED) is 0.603. The van der Waals surface area contributed by atoms with Crippen LogP contribution in [-0.2, 0) is 10.0 Å². The number of benzene rings is 1. The van der Waals surface area contributed by atoms with Crippen molar-refractivity contribution >= 4 is 21.4 Å². The third-order valence-corrected chi connectivity index (χ3v) is 5.65. The summed E-state index contributed by atoms with van der Waals surface area (Å²) in [6.07, 6.45) is -3.60. The van der Waals surface area contributed by atoms with Crippen molar-refractivity contribution < 1.29 is 26.5 Å². The summed E-state index contributed by atoms with van der Waals surface area (Å²) in [4.78, 5) is 10.2. The lowest BCUT2D eigenvalue weighted by Gasteiger charge is -2.31. The van der Waals surface area contributed by atoms with Crippen LogP contribution in [0.2, 0.25) is 0 Å². The van der Waals surface area contributed by atoms with Gasteiger partial charge in [-0.05, 0) is 38.4 Å². The molecule has 0 bridgehead atoms. The third kappa shape index (κ3) is 4.60. The number of sulfonamides is 1. The smallest absolute Gasteiger partial charge is 0.377 e. The zero-order valence-electron chi connectivity index (χ0n) is 13.3. The van der Waals surface area contributed by atoms with Crippen LogP contribution in [0.5, 0.6) is 0 Å². The third-order valence-electron chi connectivity index (χ3n) is 4.24. The van der Waals surface area contributed by atoms with Gasteiger partial charge < -0.3 is 5.32 Å². The molecule has 0 amide bonds. The van der Waals surface area contributed by atoms with Crippen LogP contribution in [0.1, 0.15) is 25.7 Å². The minimum atomic E-state index is -4.29. The van der Waals surface area contributed by atoms with Gasteiger partial charge in [-0.1, -0.05) is 6.42 Å². The van der Waals surface area contributed by atoms with E-state index in [2.05, 4.69) is 10.0 Å². The number of hydrogen-bond donors (Lipinski definition) is 2. The SMILES string of the molecule is CNS(=O)(=O)c1ccc(NC2CCCC(C(F)(F)F)C2)c([N+](=O)[O-])c1. The first kappa shape index (κ1) is 19.4. The maximum Gasteiger partial charge on any atom is 0.391 e. The molecule has 0 aliphatic heterocycles. The zero-order chi connectivity index (χ0) is 18.8. The van der Waals surface area contributed by atoms with Gasteiger partial charge in [0.1, 0.15) is 5.69 Å². The van der Waals surface area contributed by atoms with Gasteiger partial charge in [0.15, 0.2) is 0 Å². The molecule has 1 aromatic rings. The van der Waals surface area contributed by atoms with Crippen molar-refractivity contribution in [3.63, 3.8) is 0 Å².